The molecule has 11 heavy (non-hydrogen) atoms. The lowest BCUT2D eigenvalue weighted by Crippen LogP contribution is -2.24. The molecule has 1 heteroatoms. The molecule has 1 aliphatic carbocycles. The Bertz CT molecular complexity index is 177. The lowest BCUT2D eigenvalue weighted by atomic mass is 9.82. The van der Waals surface area contributed by atoms with Gasteiger partial charge >= 0.3 is 0 Å². The standard InChI is InChI=1S/C10H16O/c1-3-8(2)9-6-4-5-7-10(9)11/h9-11H,1,4-7H2,2H3/t9-,10-/m1/s1. The highest BCUT2D eigenvalue weighted by molar-refractivity contribution is 5.04. The maximum Gasteiger partial charge on any atom is 0.0611 e. The van der Waals surface area contributed by atoms with Crippen molar-refractivity contribution in [1.82, 2.24) is 0 Å². The summed E-state index contributed by atoms with van der Waals surface area (Å²) in [5.41, 5.74) is 3.99. The fourth-order valence-electron chi connectivity index (χ4n) is 1.75. The van der Waals surface area contributed by atoms with Gasteiger partial charge in [-0.05, 0) is 25.3 Å². The van der Waals surface area contributed by atoms with Crippen LogP contribution in [0.25, 0.3) is 0 Å². The minimum atomic E-state index is -0.141. The highest BCUT2D eigenvalue weighted by Crippen LogP contribution is 2.29. The average molecular weight is 152 g/mol. The summed E-state index contributed by atoms with van der Waals surface area (Å²) in [5, 5.41) is 9.58. The maximum atomic E-state index is 9.58. The van der Waals surface area contributed by atoms with Gasteiger partial charge in [0, 0.05) is 5.92 Å². The molecule has 1 rings (SSSR count). The van der Waals surface area contributed by atoms with Crippen molar-refractivity contribution in [3.8, 4) is 0 Å². The normalized spacial score (nSPS) is 31.1. The molecule has 1 saturated carbocycles. The third-order valence-corrected chi connectivity index (χ3v) is 2.56. The molecular weight excluding hydrogens is 136 g/mol. The zero-order valence-electron chi connectivity index (χ0n) is 7.14. The van der Waals surface area contributed by atoms with E-state index in [9.17, 15) is 5.11 Å². The maximum absolute atomic E-state index is 9.58. The molecule has 1 aliphatic rings. The van der Waals surface area contributed by atoms with Gasteiger partial charge in [-0.3, -0.25) is 0 Å². The first-order chi connectivity index (χ1) is 5.25. The van der Waals surface area contributed by atoms with Gasteiger partial charge in [-0.15, -0.1) is 5.73 Å². The molecule has 0 saturated heterocycles. The van der Waals surface area contributed by atoms with E-state index >= 15 is 0 Å². The van der Waals surface area contributed by atoms with E-state index in [2.05, 4.69) is 12.3 Å². The van der Waals surface area contributed by atoms with Crippen LogP contribution in [0.15, 0.2) is 17.9 Å². The second kappa shape index (κ2) is 3.75. The predicted octanol–water partition coefficient (Wildman–Crippen LogP) is 2.27. The second-order valence-electron chi connectivity index (χ2n) is 3.32. The number of hydrogen-bond donors (Lipinski definition) is 1. The van der Waals surface area contributed by atoms with E-state index in [4.69, 9.17) is 0 Å². The molecular formula is C10H16O. The molecule has 1 N–H and O–H groups in total. The van der Waals surface area contributed by atoms with E-state index in [1.807, 2.05) is 6.92 Å². The van der Waals surface area contributed by atoms with Gasteiger partial charge in [0.05, 0.1) is 6.10 Å². The van der Waals surface area contributed by atoms with Crippen LogP contribution >= 0.6 is 0 Å². The van der Waals surface area contributed by atoms with Crippen LogP contribution in [0.4, 0.5) is 0 Å². The van der Waals surface area contributed by atoms with Gasteiger partial charge in [-0.1, -0.05) is 19.4 Å². The fraction of sp³-hybridized carbons (Fsp3) is 0.700. The Labute approximate surface area is 68.4 Å². The SMILES string of the molecule is C=C=C(C)[C@H]1CCCC[C@H]1O. The zero-order chi connectivity index (χ0) is 8.27. The first kappa shape index (κ1) is 8.58. The molecule has 2 atom stereocenters. The Hall–Kier alpha value is -0.520. The van der Waals surface area contributed by atoms with Crippen LogP contribution in [-0.4, -0.2) is 11.2 Å². The Morgan fingerprint density at radius 2 is 2.09 bits per heavy atom. The van der Waals surface area contributed by atoms with Gasteiger partial charge in [-0.2, -0.15) is 0 Å². The van der Waals surface area contributed by atoms with Crippen LogP contribution in [0.2, 0.25) is 0 Å². The van der Waals surface area contributed by atoms with Crippen molar-refractivity contribution < 1.29 is 5.11 Å². The smallest absolute Gasteiger partial charge is 0.0611 e. The summed E-state index contributed by atoms with van der Waals surface area (Å²) in [4.78, 5) is 0. The average Bonchev–Trinajstić information content (AvgIpc) is 2.04. The van der Waals surface area contributed by atoms with Crippen LogP contribution in [0.3, 0.4) is 0 Å². The number of aliphatic hydroxyl groups excluding tert-OH is 1. The summed E-state index contributed by atoms with van der Waals surface area (Å²) in [6.45, 7) is 5.60. The molecule has 0 aromatic carbocycles. The minimum Gasteiger partial charge on any atom is -0.392 e. The van der Waals surface area contributed by atoms with Crippen LogP contribution in [0.1, 0.15) is 32.6 Å². The topological polar surface area (TPSA) is 20.2 Å². The summed E-state index contributed by atoms with van der Waals surface area (Å²) in [6, 6.07) is 0. The molecule has 0 bridgehead atoms. The summed E-state index contributed by atoms with van der Waals surface area (Å²) in [7, 11) is 0. The second-order valence-corrected chi connectivity index (χ2v) is 3.32. The lowest BCUT2D eigenvalue weighted by Gasteiger charge is -2.27. The first-order valence-corrected chi connectivity index (χ1v) is 4.30. The molecule has 0 heterocycles. The van der Waals surface area contributed by atoms with E-state index in [1.165, 1.54) is 12.8 Å². The third-order valence-electron chi connectivity index (χ3n) is 2.56. The molecule has 0 radical (unpaired) electrons. The van der Waals surface area contributed by atoms with E-state index in [-0.39, 0.29) is 6.10 Å². The number of rotatable bonds is 1. The monoisotopic (exact) mass is 152 g/mol. The Kier molecular flexibility index (Phi) is 2.92. The van der Waals surface area contributed by atoms with Crippen LogP contribution in [0, 0.1) is 5.92 Å². The quantitative estimate of drug-likeness (QED) is 0.571. The highest BCUT2D eigenvalue weighted by atomic mass is 16.3. The molecule has 0 spiro atoms. The number of hydrogen-bond acceptors (Lipinski definition) is 1. The van der Waals surface area contributed by atoms with Crippen LogP contribution in [0.5, 0.6) is 0 Å². The molecule has 0 aromatic rings. The molecule has 62 valence electrons. The summed E-state index contributed by atoms with van der Waals surface area (Å²) < 4.78 is 0. The predicted molar refractivity (Wildman–Crippen MR) is 46.3 cm³/mol. The van der Waals surface area contributed by atoms with E-state index < -0.39 is 0 Å². The fourth-order valence-corrected chi connectivity index (χ4v) is 1.75. The summed E-state index contributed by atoms with van der Waals surface area (Å²) >= 11 is 0. The van der Waals surface area contributed by atoms with Gasteiger partial charge in [0.2, 0.25) is 0 Å². The molecule has 0 aromatic heterocycles. The van der Waals surface area contributed by atoms with Crippen molar-refractivity contribution in [3.63, 3.8) is 0 Å². The molecule has 0 amide bonds. The lowest BCUT2D eigenvalue weighted by molar-refractivity contribution is 0.0876. The van der Waals surface area contributed by atoms with E-state index in [1.54, 1.807) is 0 Å². The third kappa shape index (κ3) is 1.95. The van der Waals surface area contributed by atoms with Crippen molar-refractivity contribution >= 4 is 0 Å². The first-order valence-electron chi connectivity index (χ1n) is 4.30. The van der Waals surface area contributed by atoms with Crippen molar-refractivity contribution in [2.75, 3.05) is 0 Å². The van der Waals surface area contributed by atoms with Crippen LogP contribution < -0.4 is 0 Å². The zero-order valence-corrected chi connectivity index (χ0v) is 7.14. The van der Waals surface area contributed by atoms with Gasteiger partial charge in [0.25, 0.3) is 0 Å². The summed E-state index contributed by atoms with van der Waals surface area (Å²) in [5.74, 6) is 0.334. The molecule has 0 unspecified atom stereocenters. The van der Waals surface area contributed by atoms with Gasteiger partial charge in [0.1, 0.15) is 0 Å². The molecule has 1 fully saturated rings. The number of aliphatic hydroxyl groups is 1. The molecule has 0 aliphatic heterocycles. The van der Waals surface area contributed by atoms with Crippen molar-refractivity contribution in [2.24, 2.45) is 5.92 Å². The van der Waals surface area contributed by atoms with E-state index in [0.717, 1.165) is 18.4 Å². The van der Waals surface area contributed by atoms with Gasteiger partial charge < -0.3 is 5.11 Å². The Morgan fingerprint density at radius 3 is 2.64 bits per heavy atom. The minimum absolute atomic E-state index is 0.141. The van der Waals surface area contributed by atoms with Crippen molar-refractivity contribution in [2.45, 2.75) is 38.7 Å². The molecule has 1 nitrogen and oxygen atoms in total. The van der Waals surface area contributed by atoms with Gasteiger partial charge in [0.15, 0.2) is 0 Å². The Morgan fingerprint density at radius 1 is 1.45 bits per heavy atom. The summed E-state index contributed by atoms with van der Waals surface area (Å²) in [6.07, 6.45) is 4.32. The highest BCUT2D eigenvalue weighted by Gasteiger charge is 2.23. The van der Waals surface area contributed by atoms with Crippen molar-refractivity contribution in [1.29, 1.82) is 0 Å². The van der Waals surface area contributed by atoms with Crippen molar-refractivity contribution in [3.05, 3.63) is 17.9 Å². The van der Waals surface area contributed by atoms with Gasteiger partial charge in [-0.25, -0.2) is 0 Å². The largest absolute Gasteiger partial charge is 0.392 e. The van der Waals surface area contributed by atoms with E-state index in [0.29, 0.717) is 5.92 Å². The Balaban J connectivity index is 2.61. The van der Waals surface area contributed by atoms with Crippen LogP contribution in [-0.2, 0) is 0 Å².